The smallest absolute Gasteiger partial charge is 0.309 e. The molecule has 0 bridgehead atoms. The molecule has 2 rings (SSSR count). The molecule has 0 spiro atoms. The number of rotatable bonds is 5. The topological polar surface area (TPSA) is 66.8 Å². The first kappa shape index (κ1) is 14.5. The van der Waals surface area contributed by atoms with Crippen LogP contribution in [-0.4, -0.2) is 42.1 Å². The van der Waals surface area contributed by atoms with Crippen LogP contribution in [0.1, 0.15) is 18.0 Å². The van der Waals surface area contributed by atoms with Crippen molar-refractivity contribution in [1.29, 1.82) is 0 Å². The average molecular weight is 281 g/mol. The van der Waals surface area contributed by atoms with Crippen molar-refractivity contribution >= 4 is 11.9 Å². The Labute approximate surface area is 116 Å². The van der Waals surface area contributed by atoms with Crippen LogP contribution >= 0.6 is 0 Å². The number of amides is 1. The molecule has 108 valence electrons. The Balaban J connectivity index is 2.38. The number of carboxylic acid groups (broad SMARTS) is 1. The summed E-state index contributed by atoms with van der Waals surface area (Å²) in [4.78, 5) is 24.7. The summed E-state index contributed by atoms with van der Waals surface area (Å²) in [6.07, 6.45) is -0.113. The molecular weight excluding hydrogens is 265 g/mol. The highest BCUT2D eigenvalue weighted by atomic mass is 19.1. The monoisotopic (exact) mass is 281 g/mol. The molecule has 0 radical (unpaired) electrons. The number of carbonyl (C=O) groups excluding carboxylic acids is 1. The van der Waals surface area contributed by atoms with Crippen molar-refractivity contribution in [3.05, 3.63) is 35.6 Å². The Morgan fingerprint density at radius 2 is 2.20 bits per heavy atom. The summed E-state index contributed by atoms with van der Waals surface area (Å²) in [7, 11) is 1.49. The summed E-state index contributed by atoms with van der Waals surface area (Å²) in [5.74, 6) is -2.81. The third-order valence-corrected chi connectivity index (χ3v) is 3.51. The van der Waals surface area contributed by atoms with Gasteiger partial charge in [0.25, 0.3) is 0 Å². The summed E-state index contributed by atoms with van der Waals surface area (Å²) < 4.78 is 18.9. The fourth-order valence-electron chi connectivity index (χ4n) is 2.56. The standard InChI is InChI=1S/C14H16FNO4/c1-20-7-6-16-12(17)8-10(14(18)19)13(16)9-4-2-3-5-11(9)15/h2-5,10,13H,6-8H2,1H3,(H,18,19). The van der Waals surface area contributed by atoms with E-state index in [0.29, 0.717) is 0 Å². The number of hydrogen-bond acceptors (Lipinski definition) is 3. The van der Waals surface area contributed by atoms with Gasteiger partial charge >= 0.3 is 5.97 Å². The zero-order valence-corrected chi connectivity index (χ0v) is 11.1. The first-order valence-corrected chi connectivity index (χ1v) is 6.32. The second kappa shape index (κ2) is 6.00. The molecule has 1 saturated heterocycles. The molecule has 1 fully saturated rings. The van der Waals surface area contributed by atoms with Gasteiger partial charge in [0.05, 0.1) is 18.6 Å². The third-order valence-electron chi connectivity index (χ3n) is 3.51. The average Bonchev–Trinajstić information content (AvgIpc) is 2.74. The molecule has 5 nitrogen and oxygen atoms in total. The van der Waals surface area contributed by atoms with Crippen LogP contribution < -0.4 is 0 Å². The minimum atomic E-state index is -1.09. The highest BCUT2D eigenvalue weighted by Gasteiger charge is 2.45. The molecular formula is C14H16FNO4. The van der Waals surface area contributed by atoms with Gasteiger partial charge in [-0.3, -0.25) is 9.59 Å². The maximum Gasteiger partial charge on any atom is 0.309 e. The quantitative estimate of drug-likeness (QED) is 0.887. The van der Waals surface area contributed by atoms with Crippen molar-refractivity contribution in [3.63, 3.8) is 0 Å². The normalized spacial score (nSPS) is 22.3. The van der Waals surface area contributed by atoms with Crippen molar-refractivity contribution < 1.29 is 23.8 Å². The first-order chi connectivity index (χ1) is 9.56. The summed E-state index contributed by atoms with van der Waals surface area (Å²) in [5.41, 5.74) is 0.238. The molecule has 1 aliphatic heterocycles. The summed E-state index contributed by atoms with van der Waals surface area (Å²) in [6, 6.07) is 5.18. The van der Waals surface area contributed by atoms with E-state index in [1.165, 1.54) is 30.2 Å². The van der Waals surface area contributed by atoms with Crippen LogP contribution in [0.25, 0.3) is 0 Å². The van der Waals surface area contributed by atoms with Crippen molar-refractivity contribution in [3.8, 4) is 0 Å². The van der Waals surface area contributed by atoms with Crippen LogP contribution in [0.3, 0.4) is 0 Å². The minimum absolute atomic E-state index is 0.113. The summed E-state index contributed by atoms with van der Waals surface area (Å²) in [5, 5.41) is 9.26. The van der Waals surface area contributed by atoms with Crippen LogP contribution in [0.4, 0.5) is 4.39 Å². The fourth-order valence-corrected chi connectivity index (χ4v) is 2.56. The number of ether oxygens (including phenoxy) is 1. The number of methoxy groups -OCH3 is 1. The van der Waals surface area contributed by atoms with E-state index in [4.69, 9.17) is 4.74 Å². The van der Waals surface area contributed by atoms with E-state index in [1.807, 2.05) is 0 Å². The lowest BCUT2D eigenvalue weighted by molar-refractivity contribution is -0.142. The van der Waals surface area contributed by atoms with E-state index >= 15 is 0 Å². The number of halogens is 1. The largest absolute Gasteiger partial charge is 0.481 e. The predicted octanol–water partition coefficient (Wildman–Crippen LogP) is 1.45. The van der Waals surface area contributed by atoms with Crippen LogP contribution in [-0.2, 0) is 14.3 Å². The number of likely N-dealkylation sites (tertiary alicyclic amines) is 1. The van der Waals surface area contributed by atoms with Gasteiger partial charge in [-0.15, -0.1) is 0 Å². The molecule has 6 heteroatoms. The van der Waals surface area contributed by atoms with Gasteiger partial charge in [-0.1, -0.05) is 18.2 Å². The van der Waals surface area contributed by atoms with Gasteiger partial charge in [-0.2, -0.15) is 0 Å². The first-order valence-electron chi connectivity index (χ1n) is 6.32. The molecule has 2 unspecified atom stereocenters. The van der Waals surface area contributed by atoms with Gasteiger partial charge < -0.3 is 14.7 Å². The van der Waals surface area contributed by atoms with Gasteiger partial charge in [0.2, 0.25) is 5.91 Å². The molecule has 1 heterocycles. The molecule has 0 saturated carbocycles. The maximum atomic E-state index is 13.9. The molecule has 1 N–H and O–H groups in total. The highest BCUT2D eigenvalue weighted by molar-refractivity contribution is 5.87. The van der Waals surface area contributed by atoms with Gasteiger partial charge in [-0.25, -0.2) is 4.39 Å². The molecule has 1 aromatic rings. The number of aliphatic carboxylic acids is 1. The highest BCUT2D eigenvalue weighted by Crippen LogP contribution is 2.39. The SMILES string of the molecule is COCCN1C(=O)CC(C(=O)O)C1c1ccccc1F. The lowest BCUT2D eigenvalue weighted by Crippen LogP contribution is -2.33. The number of carbonyl (C=O) groups is 2. The lowest BCUT2D eigenvalue weighted by atomic mass is 9.93. The lowest BCUT2D eigenvalue weighted by Gasteiger charge is -2.27. The summed E-state index contributed by atoms with van der Waals surface area (Å²) >= 11 is 0. The molecule has 1 amide bonds. The maximum absolute atomic E-state index is 13.9. The van der Waals surface area contributed by atoms with Gasteiger partial charge in [0.15, 0.2) is 0 Å². The van der Waals surface area contributed by atoms with Crippen LogP contribution in [0.15, 0.2) is 24.3 Å². The van der Waals surface area contributed by atoms with Crippen LogP contribution in [0.2, 0.25) is 0 Å². The Hall–Kier alpha value is -1.95. The minimum Gasteiger partial charge on any atom is -0.481 e. The zero-order chi connectivity index (χ0) is 14.7. The summed E-state index contributed by atoms with van der Waals surface area (Å²) in [6.45, 7) is 0.529. The molecule has 1 aliphatic rings. The number of hydrogen-bond donors (Lipinski definition) is 1. The molecule has 2 atom stereocenters. The van der Waals surface area contributed by atoms with Gasteiger partial charge in [-0.05, 0) is 6.07 Å². The van der Waals surface area contributed by atoms with Crippen molar-refractivity contribution in [2.24, 2.45) is 5.92 Å². The molecule has 0 aromatic heterocycles. The number of benzene rings is 1. The molecule has 1 aromatic carbocycles. The number of nitrogens with zero attached hydrogens (tertiary/aromatic N) is 1. The van der Waals surface area contributed by atoms with E-state index in [-0.39, 0.29) is 31.0 Å². The van der Waals surface area contributed by atoms with Crippen molar-refractivity contribution in [1.82, 2.24) is 4.90 Å². The van der Waals surface area contributed by atoms with Crippen LogP contribution in [0.5, 0.6) is 0 Å². The van der Waals surface area contributed by atoms with Gasteiger partial charge in [0, 0.05) is 25.6 Å². The Morgan fingerprint density at radius 3 is 2.80 bits per heavy atom. The number of carboxylic acids is 1. The van der Waals surface area contributed by atoms with E-state index in [1.54, 1.807) is 6.07 Å². The van der Waals surface area contributed by atoms with E-state index in [2.05, 4.69) is 0 Å². The van der Waals surface area contributed by atoms with Crippen molar-refractivity contribution in [2.45, 2.75) is 12.5 Å². The Kier molecular flexibility index (Phi) is 4.34. The second-order valence-corrected chi connectivity index (χ2v) is 4.70. The Morgan fingerprint density at radius 1 is 1.50 bits per heavy atom. The fraction of sp³-hybridized carbons (Fsp3) is 0.429. The Bertz CT molecular complexity index is 520. The van der Waals surface area contributed by atoms with E-state index < -0.39 is 23.7 Å². The third kappa shape index (κ3) is 2.65. The zero-order valence-electron chi connectivity index (χ0n) is 11.1. The molecule has 20 heavy (non-hydrogen) atoms. The van der Waals surface area contributed by atoms with E-state index in [0.717, 1.165) is 0 Å². The van der Waals surface area contributed by atoms with Crippen molar-refractivity contribution in [2.75, 3.05) is 20.3 Å². The van der Waals surface area contributed by atoms with E-state index in [9.17, 15) is 19.1 Å². The van der Waals surface area contributed by atoms with Gasteiger partial charge in [0.1, 0.15) is 5.82 Å². The van der Waals surface area contributed by atoms with Crippen LogP contribution in [0, 0.1) is 11.7 Å². The predicted molar refractivity (Wildman–Crippen MR) is 68.5 cm³/mol. The molecule has 0 aliphatic carbocycles. The second-order valence-electron chi connectivity index (χ2n) is 4.70.